The predicted octanol–water partition coefficient (Wildman–Crippen LogP) is 0.757. The lowest BCUT2D eigenvalue weighted by Gasteiger charge is -2.07. The van der Waals surface area contributed by atoms with Crippen LogP contribution in [0.4, 0.5) is 0 Å². The number of nitrogens with one attached hydrogen (secondary N) is 1. The molecule has 0 bridgehead atoms. The minimum Gasteiger partial charge on any atom is -0.396 e. The summed E-state index contributed by atoms with van der Waals surface area (Å²) >= 11 is 0. The molecule has 0 radical (unpaired) electrons. The highest BCUT2D eigenvalue weighted by Crippen LogP contribution is 2.35. The highest BCUT2D eigenvalue weighted by Gasteiger charge is 2.30. The molecule has 2 atom stereocenters. The van der Waals surface area contributed by atoms with E-state index in [1.165, 1.54) is 25.7 Å². The van der Waals surface area contributed by atoms with Crippen LogP contribution in [0.15, 0.2) is 0 Å². The third-order valence-corrected chi connectivity index (χ3v) is 2.89. The normalized spacial score (nSPS) is 37.9. The molecule has 2 aliphatic rings. The van der Waals surface area contributed by atoms with Crippen LogP contribution in [0.1, 0.15) is 25.7 Å². The van der Waals surface area contributed by atoms with Crippen molar-refractivity contribution in [3.05, 3.63) is 0 Å². The van der Waals surface area contributed by atoms with Gasteiger partial charge in [0.2, 0.25) is 0 Å². The first kappa shape index (κ1) is 7.56. The van der Waals surface area contributed by atoms with Crippen LogP contribution in [0.5, 0.6) is 0 Å². The molecule has 1 saturated heterocycles. The third kappa shape index (κ3) is 1.94. The average molecular weight is 155 g/mol. The van der Waals surface area contributed by atoms with Gasteiger partial charge in [-0.3, -0.25) is 0 Å². The van der Waals surface area contributed by atoms with E-state index in [0.717, 1.165) is 18.5 Å². The van der Waals surface area contributed by atoms with Crippen molar-refractivity contribution >= 4 is 0 Å². The van der Waals surface area contributed by atoms with E-state index in [9.17, 15) is 0 Å². The van der Waals surface area contributed by atoms with Crippen LogP contribution in [-0.4, -0.2) is 24.3 Å². The van der Waals surface area contributed by atoms with Crippen LogP contribution in [0.25, 0.3) is 0 Å². The molecule has 2 rings (SSSR count). The minimum absolute atomic E-state index is 0.369. The van der Waals surface area contributed by atoms with Gasteiger partial charge in [-0.25, -0.2) is 0 Å². The molecule has 2 heteroatoms. The van der Waals surface area contributed by atoms with Crippen molar-refractivity contribution in [2.75, 3.05) is 13.2 Å². The van der Waals surface area contributed by atoms with Gasteiger partial charge in [-0.2, -0.15) is 0 Å². The number of rotatable bonds is 3. The van der Waals surface area contributed by atoms with Gasteiger partial charge in [-0.15, -0.1) is 0 Å². The maximum absolute atomic E-state index is 8.89. The van der Waals surface area contributed by atoms with Crippen LogP contribution in [-0.2, 0) is 0 Å². The quantitative estimate of drug-likeness (QED) is 0.630. The zero-order valence-corrected chi connectivity index (χ0v) is 6.92. The van der Waals surface area contributed by atoms with Crippen molar-refractivity contribution < 1.29 is 5.11 Å². The molecule has 0 aromatic rings. The van der Waals surface area contributed by atoms with Gasteiger partial charge in [0.25, 0.3) is 0 Å². The first-order valence-corrected chi connectivity index (χ1v) is 4.72. The second-order valence-corrected chi connectivity index (χ2v) is 4.07. The number of aliphatic hydroxyl groups is 1. The summed E-state index contributed by atoms with van der Waals surface area (Å²) in [7, 11) is 0. The summed E-state index contributed by atoms with van der Waals surface area (Å²) in [4.78, 5) is 0. The van der Waals surface area contributed by atoms with Crippen molar-refractivity contribution in [2.45, 2.75) is 31.7 Å². The predicted molar refractivity (Wildman–Crippen MR) is 44.3 cm³/mol. The molecule has 64 valence electrons. The van der Waals surface area contributed by atoms with Gasteiger partial charge in [0.15, 0.2) is 0 Å². The Morgan fingerprint density at radius 1 is 1.27 bits per heavy atom. The van der Waals surface area contributed by atoms with Crippen LogP contribution >= 0.6 is 0 Å². The van der Waals surface area contributed by atoms with Crippen molar-refractivity contribution in [2.24, 2.45) is 11.8 Å². The molecule has 0 aromatic heterocycles. The fourth-order valence-corrected chi connectivity index (χ4v) is 1.98. The Labute approximate surface area is 68.0 Å². The molecule has 1 aliphatic heterocycles. The van der Waals surface area contributed by atoms with E-state index < -0.39 is 0 Å². The Bertz CT molecular complexity index is 134. The molecule has 1 aliphatic carbocycles. The topological polar surface area (TPSA) is 32.3 Å². The molecule has 1 saturated carbocycles. The van der Waals surface area contributed by atoms with Gasteiger partial charge in [0, 0.05) is 19.2 Å². The molecule has 2 N–H and O–H groups in total. The highest BCUT2D eigenvalue weighted by molar-refractivity contribution is 4.86. The summed E-state index contributed by atoms with van der Waals surface area (Å²) < 4.78 is 0. The van der Waals surface area contributed by atoms with E-state index in [2.05, 4.69) is 5.32 Å². The summed E-state index contributed by atoms with van der Waals surface area (Å²) in [5, 5.41) is 12.4. The van der Waals surface area contributed by atoms with E-state index >= 15 is 0 Å². The average Bonchev–Trinajstić information content (AvgIpc) is 2.68. The highest BCUT2D eigenvalue weighted by atomic mass is 16.3. The van der Waals surface area contributed by atoms with Gasteiger partial charge in [0.1, 0.15) is 0 Å². The molecule has 0 aromatic carbocycles. The summed E-state index contributed by atoms with van der Waals surface area (Å²) in [6, 6.07) is 0.722. The van der Waals surface area contributed by atoms with Gasteiger partial charge in [0.05, 0.1) is 0 Å². The van der Waals surface area contributed by atoms with Gasteiger partial charge < -0.3 is 10.4 Å². The van der Waals surface area contributed by atoms with Crippen LogP contribution in [0, 0.1) is 11.8 Å². The summed E-state index contributed by atoms with van der Waals surface area (Å²) in [5.74, 6) is 1.56. The first-order valence-electron chi connectivity index (χ1n) is 4.72. The smallest absolute Gasteiger partial charge is 0.0471 e. The fraction of sp³-hybridized carbons (Fsp3) is 1.00. The Morgan fingerprint density at radius 3 is 2.64 bits per heavy atom. The monoisotopic (exact) mass is 155 g/mol. The second-order valence-electron chi connectivity index (χ2n) is 4.07. The summed E-state index contributed by atoms with van der Waals surface area (Å²) in [5.41, 5.74) is 0. The molecule has 1 heterocycles. The van der Waals surface area contributed by atoms with E-state index in [1.807, 2.05) is 0 Å². The molecular formula is C9H17NO. The molecule has 2 fully saturated rings. The van der Waals surface area contributed by atoms with Crippen LogP contribution < -0.4 is 5.32 Å². The number of aliphatic hydroxyl groups excluding tert-OH is 1. The first-order chi connectivity index (χ1) is 5.38. The SMILES string of the molecule is OCC1CNC(CC2CC2)C1. The van der Waals surface area contributed by atoms with Gasteiger partial charge in [-0.1, -0.05) is 12.8 Å². The van der Waals surface area contributed by atoms with Crippen LogP contribution in [0.2, 0.25) is 0 Å². The van der Waals surface area contributed by atoms with E-state index in [4.69, 9.17) is 5.11 Å². The molecule has 2 unspecified atom stereocenters. The van der Waals surface area contributed by atoms with Crippen molar-refractivity contribution in [1.82, 2.24) is 5.32 Å². The van der Waals surface area contributed by atoms with Gasteiger partial charge in [-0.05, 0) is 24.7 Å². The summed E-state index contributed by atoms with van der Waals surface area (Å²) in [6.45, 7) is 1.40. The molecular weight excluding hydrogens is 138 g/mol. The lowest BCUT2D eigenvalue weighted by atomic mass is 10.0. The lowest BCUT2D eigenvalue weighted by Crippen LogP contribution is -2.21. The molecule has 0 amide bonds. The van der Waals surface area contributed by atoms with Gasteiger partial charge >= 0.3 is 0 Å². The Kier molecular flexibility index (Phi) is 2.14. The number of hydrogen-bond acceptors (Lipinski definition) is 2. The van der Waals surface area contributed by atoms with Crippen molar-refractivity contribution in [3.63, 3.8) is 0 Å². The van der Waals surface area contributed by atoms with E-state index in [-0.39, 0.29) is 0 Å². The minimum atomic E-state index is 0.369. The Morgan fingerprint density at radius 2 is 2.09 bits per heavy atom. The lowest BCUT2D eigenvalue weighted by molar-refractivity contribution is 0.235. The maximum Gasteiger partial charge on any atom is 0.0471 e. The number of hydrogen-bond donors (Lipinski definition) is 2. The Balaban J connectivity index is 1.70. The Hall–Kier alpha value is -0.0800. The van der Waals surface area contributed by atoms with Crippen molar-refractivity contribution in [1.29, 1.82) is 0 Å². The molecule has 2 nitrogen and oxygen atoms in total. The second kappa shape index (κ2) is 3.11. The summed E-state index contributed by atoms with van der Waals surface area (Å²) in [6.07, 6.45) is 5.45. The zero-order valence-electron chi connectivity index (χ0n) is 6.92. The van der Waals surface area contributed by atoms with Crippen LogP contribution in [0.3, 0.4) is 0 Å². The standard InChI is InChI=1S/C9H17NO/c11-6-8-4-9(10-5-8)3-7-1-2-7/h7-11H,1-6H2. The molecule has 11 heavy (non-hydrogen) atoms. The molecule has 0 spiro atoms. The van der Waals surface area contributed by atoms with E-state index in [1.54, 1.807) is 0 Å². The van der Waals surface area contributed by atoms with Crippen molar-refractivity contribution in [3.8, 4) is 0 Å². The van der Waals surface area contributed by atoms with E-state index in [0.29, 0.717) is 12.5 Å². The maximum atomic E-state index is 8.89. The zero-order chi connectivity index (χ0) is 7.68. The largest absolute Gasteiger partial charge is 0.396 e. The fourth-order valence-electron chi connectivity index (χ4n) is 1.98. The third-order valence-electron chi connectivity index (χ3n) is 2.89.